The van der Waals surface area contributed by atoms with E-state index < -0.39 is 11.6 Å². The fraction of sp³-hybridized carbons (Fsp3) is 0.120. The average Bonchev–Trinajstić information content (AvgIpc) is 2.65. The van der Waals surface area contributed by atoms with Gasteiger partial charge in [0.1, 0.15) is 11.6 Å². The molecule has 0 spiro atoms. The molecule has 132 valence electrons. The topological polar surface area (TPSA) is 0 Å². The van der Waals surface area contributed by atoms with E-state index in [2.05, 4.69) is 23.7 Å². The second kappa shape index (κ2) is 7.90. The van der Waals surface area contributed by atoms with Gasteiger partial charge in [0.2, 0.25) is 0 Å². The third-order valence-corrected chi connectivity index (χ3v) is 4.25. The highest BCUT2D eigenvalue weighted by Gasteiger charge is 2.05. The van der Waals surface area contributed by atoms with Crippen molar-refractivity contribution in [3.05, 3.63) is 105 Å². The molecule has 0 aliphatic rings. The molecule has 2 heteroatoms. The van der Waals surface area contributed by atoms with Crippen LogP contribution in [0.3, 0.4) is 0 Å². The number of hydrogen-bond acceptors (Lipinski definition) is 0. The molecule has 0 fully saturated rings. The van der Waals surface area contributed by atoms with Crippen molar-refractivity contribution in [2.75, 3.05) is 0 Å². The summed E-state index contributed by atoms with van der Waals surface area (Å²) in [5.41, 5.74) is 5.19. The van der Waals surface area contributed by atoms with E-state index in [4.69, 9.17) is 0 Å². The zero-order chi connectivity index (χ0) is 19.4. The van der Waals surface area contributed by atoms with Gasteiger partial charge in [0.15, 0.2) is 0 Å². The van der Waals surface area contributed by atoms with Crippen LogP contribution in [0.25, 0.3) is 0 Å². The molecule has 0 atom stereocenters. The lowest BCUT2D eigenvalue weighted by molar-refractivity contribution is 0.567. The molecule has 0 aliphatic heterocycles. The van der Waals surface area contributed by atoms with Gasteiger partial charge in [-0.25, -0.2) is 8.78 Å². The van der Waals surface area contributed by atoms with Crippen molar-refractivity contribution in [1.29, 1.82) is 0 Å². The third kappa shape index (κ3) is 4.63. The van der Waals surface area contributed by atoms with Gasteiger partial charge in [0.05, 0.1) is 0 Å². The van der Waals surface area contributed by atoms with E-state index in [9.17, 15) is 8.78 Å². The molecule has 3 rings (SSSR count). The van der Waals surface area contributed by atoms with Crippen LogP contribution >= 0.6 is 0 Å². The summed E-state index contributed by atoms with van der Waals surface area (Å²) in [5, 5.41) is 0. The second-order valence-corrected chi connectivity index (χ2v) is 6.46. The summed E-state index contributed by atoms with van der Waals surface area (Å²) >= 11 is 0. The fourth-order valence-electron chi connectivity index (χ4n) is 2.52. The normalized spacial score (nSPS) is 9.81. The van der Waals surface area contributed by atoms with E-state index in [0.717, 1.165) is 22.3 Å². The number of halogens is 2. The lowest BCUT2D eigenvalue weighted by Crippen LogP contribution is -1.90. The van der Waals surface area contributed by atoms with E-state index in [1.54, 1.807) is 0 Å². The fourth-order valence-corrected chi connectivity index (χ4v) is 2.52. The Kier molecular flexibility index (Phi) is 5.39. The lowest BCUT2D eigenvalue weighted by atomic mass is 10.0. The number of benzene rings is 3. The van der Waals surface area contributed by atoms with Crippen LogP contribution in [-0.4, -0.2) is 0 Å². The average molecular weight is 356 g/mol. The second-order valence-electron chi connectivity index (χ2n) is 6.46. The van der Waals surface area contributed by atoms with Gasteiger partial charge < -0.3 is 0 Å². The molecule has 0 aromatic heterocycles. The maximum atomic E-state index is 13.6. The first kappa shape index (κ1) is 18.4. The molecule has 0 heterocycles. The minimum Gasteiger partial charge on any atom is -0.207 e. The van der Waals surface area contributed by atoms with Crippen LogP contribution in [0.4, 0.5) is 8.78 Å². The molecule has 0 aliphatic carbocycles. The molecule has 0 bridgehead atoms. The molecule has 0 radical (unpaired) electrons. The Hall–Kier alpha value is -3.36. The standard InChI is InChI=1S/C25H18F2/c1-17-4-6-20(7-5-17)10-12-23-13-11-21(14-18(23)2)8-9-22-15-24(26)19(3)25(27)16-22/h4-7,11,13-16H,1-3H3. The lowest BCUT2D eigenvalue weighted by Gasteiger charge is -2.00. The molecule has 0 N–H and O–H groups in total. The Balaban J connectivity index is 1.83. The van der Waals surface area contributed by atoms with Crippen LogP contribution in [0, 0.1) is 56.1 Å². The quantitative estimate of drug-likeness (QED) is 0.454. The van der Waals surface area contributed by atoms with E-state index in [1.807, 2.05) is 56.3 Å². The van der Waals surface area contributed by atoms with E-state index in [0.29, 0.717) is 5.56 Å². The zero-order valence-electron chi connectivity index (χ0n) is 15.5. The summed E-state index contributed by atoms with van der Waals surface area (Å²) in [6.07, 6.45) is 0. The van der Waals surface area contributed by atoms with Gasteiger partial charge in [-0.3, -0.25) is 0 Å². The SMILES string of the molecule is Cc1ccc(C#Cc2ccc(C#Cc3cc(F)c(C)c(F)c3)cc2C)cc1. The first-order chi connectivity index (χ1) is 12.9. The summed E-state index contributed by atoms with van der Waals surface area (Å²) in [6, 6.07) is 16.3. The smallest absolute Gasteiger partial charge is 0.130 e. The summed E-state index contributed by atoms with van der Waals surface area (Å²) in [4.78, 5) is 0. The Bertz CT molecular complexity index is 1090. The van der Waals surface area contributed by atoms with Gasteiger partial charge in [0.25, 0.3) is 0 Å². The van der Waals surface area contributed by atoms with Crippen LogP contribution in [-0.2, 0) is 0 Å². The minimum absolute atomic E-state index is 0.00731. The third-order valence-electron chi connectivity index (χ3n) is 4.25. The van der Waals surface area contributed by atoms with Crippen molar-refractivity contribution in [2.45, 2.75) is 20.8 Å². The summed E-state index contributed by atoms with van der Waals surface area (Å²) in [5.74, 6) is 10.9. The molecule has 27 heavy (non-hydrogen) atoms. The molecule has 0 unspecified atom stereocenters. The van der Waals surface area contributed by atoms with Crippen molar-refractivity contribution >= 4 is 0 Å². The largest absolute Gasteiger partial charge is 0.207 e. The molecule has 3 aromatic carbocycles. The Morgan fingerprint density at radius 1 is 0.593 bits per heavy atom. The van der Waals surface area contributed by atoms with Crippen LogP contribution < -0.4 is 0 Å². The molecule has 0 amide bonds. The highest BCUT2D eigenvalue weighted by Crippen LogP contribution is 2.14. The van der Waals surface area contributed by atoms with Crippen LogP contribution in [0.1, 0.15) is 38.9 Å². The Morgan fingerprint density at radius 3 is 1.78 bits per heavy atom. The highest BCUT2D eigenvalue weighted by molar-refractivity contribution is 5.51. The van der Waals surface area contributed by atoms with E-state index in [1.165, 1.54) is 24.6 Å². The summed E-state index contributed by atoms with van der Waals surface area (Å²) < 4.78 is 27.2. The van der Waals surface area contributed by atoms with Gasteiger partial charge in [-0.15, -0.1) is 0 Å². The van der Waals surface area contributed by atoms with Gasteiger partial charge >= 0.3 is 0 Å². The predicted octanol–water partition coefficient (Wildman–Crippen LogP) is 5.69. The van der Waals surface area contributed by atoms with Gasteiger partial charge in [-0.2, -0.15) is 0 Å². The zero-order valence-corrected chi connectivity index (χ0v) is 15.5. The summed E-state index contributed by atoms with van der Waals surface area (Å²) in [6.45, 7) is 5.41. The molecule has 0 nitrogen and oxygen atoms in total. The van der Waals surface area contributed by atoms with Crippen molar-refractivity contribution in [3.63, 3.8) is 0 Å². The Labute approximate surface area is 158 Å². The highest BCUT2D eigenvalue weighted by atomic mass is 19.1. The van der Waals surface area contributed by atoms with Crippen LogP contribution in [0.2, 0.25) is 0 Å². The van der Waals surface area contributed by atoms with Crippen LogP contribution in [0.15, 0.2) is 54.6 Å². The number of hydrogen-bond donors (Lipinski definition) is 0. The first-order valence-electron chi connectivity index (χ1n) is 8.59. The monoisotopic (exact) mass is 356 g/mol. The maximum Gasteiger partial charge on any atom is 0.130 e. The number of aryl methyl sites for hydroxylation is 2. The van der Waals surface area contributed by atoms with Crippen molar-refractivity contribution in [2.24, 2.45) is 0 Å². The van der Waals surface area contributed by atoms with Crippen molar-refractivity contribution < 1.29 is 8.78 Å². The summed E-state index contributed by atoms with van der Waals surface area (Å²) in [7, 11) is 0. The predicted molar refractivity (Wildman–Crippen MR) is 105 cm³/mol. The maximum absolute atomic E-state index is 13.6. The molecular formula is C25H18F2. The molecule has 0 saturated carbocycles. The first-order valence-corrected chi connectivity index (χ1v) is 8.59. The number of rotatable bonds is 0. The molecular weight excluding hydrogens is 338 g/mol. The van der Waals surface area contributed by atoms with Gasteiger partial charge in [-0.05, 0) is 68.8 Å². The molecule has 0 saturated heterocycles. The van der Waals surface area contributed by atoms with Gasteiger partial charge in [0, 0.05) is 27.8 Å². The Morgan fingerprint density at radius 2 is 1.15 bits per heavy atom. The molecule has 3 aromatic rings. The van der Waals surface area contributed by atoms with E-state index in [-0.39, 0.29) is 5.56 Å². The van der Waals surface area contributed by atoms with Crippen molar-refractivity contribution in [1.82, 2.24) is 0 Å². The van der Waals surface area contributed by atoms with E-state index >= 15 is 0 Å². The van der Waals surface area contributed by atoms with Crippen LogP contribution in [0.5, 0.6) is 0 Å². The minimum atomic E-state index is -0.586. The van der Waals surface area contributed by atoms with Gasteiger partial charge in [-0.1, -0.05) is 41.4 Å². The van der Waals surface area contributed by atoms with Crippen molar-refractivity contribution in [3.8, 4) is 23.7 Å².